The first-order chi connectivity index (χ1) is 11.9. The van der Waals surface area contributed by atoms with Crippen LogP contribution in [0.4, 0.5) is 8.78 Å². The molecule has 0 radical (unpaired) electrons. The second-order valence-corrected chi connectivity index (χ2v) is 5.88. The predicted molar refractivity (Wildman–Crippen MR) is 92.7 cm³/mol. The van der Waals surface area contributed by atoms with Gasteiger partial charge in [0, 0.05) is 18.1 Å². The van der Waals surface area contributed by atoms with Crippen LogP contribution in [0.25, 0.3) is 5.70 Å². The summed E-state index contributed by atoms with van der Waals surface area (Å²) in [7, 11) is 1.57. The van der Waals surface area contributed by atoms with Crippen LogP contribution in [0.2, 0.25) is 0 Å². The molecular weight excluding hydrogens is 326 g/mol. The van der Waals surface area contributed by atoms with Gasteiger partial charge in [0.05, 0.1) is 12.8 Å². The van der Waals surface area contributed by atoms with Gasteiger partial charge < -0.3 is 21.5 Å². The lowest BCUT2D eigenvalue weighted by atomic mass is 9.96. The van der Waals surface area contributed by atoms with E-state index < -0.39 is 17.3 Å². The molecule has 1 atom stereocenters. The smallest absolute Gasteiger partial charge is 0.195 e. The SMILES string of the molecule is COc1cccc(C2=CC(N)(Cc3cc(F)cc(F)c3)NC(N)=N2)c1. The zero-order chi connectivity index (χ0) is 18.0. The van der Waals surface area contributed by atoms with E-state index in [0.29, 0.717) is 17.0 Å². The van der Waals surface area contributed by atoms with Gasteiger partial charge in [0.25, 0.3) is 0 Å². The normalized spacial score (nSPS) is 19.7. The average molecular weight is 344 g/mol. The highest BCUT2D eigenvalue weighted by Crippen LogP contribution is 2.26. The van der Waals surface area contributed by atoms with E-state index in [1.807, 2.05) is 18.2 Å². The lowest BCUT2D eigenvalue weighted by Gasteiger charge is -2.32. The number of guanidine groups is 1. The van der Waals surface area contributed by atoms with Crippen LogP contribution in [-0.4, -0.2) is 18.7 Å². The number of nitrogens with zero attached hydrogens (tertiary/aromatic N) is 1. The number of halogens is 2. The summed E-state index contributed by atoms with van der Waals surface area (Å²) < 4.78 is 32.1. The van der Waals surface area contributed by atoms with E-state index in [1.54, 1.807) is 19.3 Å². The van der Waals surface area contributed by atoms with Crippen LogP contribution in [0.5, 0.6) is 5.75 Å². The first-order valence-corrected chi connectivity index (χ1v) is 7.60. The predicted octanol–water partition coefficient (Wildman–Crippen LogP) is 2.13. The molecule has 2 aromatic carbocycles. The zero-order valence-electron chi connectivity index (χ0n) is 13.6. The molecule has 130 valence electrons. The molecule has 0 saturated carbocycles. The minimum absolute atomic E-state index is 0.125. The summed E-state index contributed by atoms with van der Waals surface area (Å²) in [5.41, 5.74) is 12.8. The van der Waals surface area contributed by atoms with E-state index in [4.69, 9.17) is 16.2 Å². The summed E-state index contributed by atoms with van der Waals surface area (Å²) in [6, 6.07) is 10.6. The van der Waals surface area contributed by atoms with Crippen LogP contribution in [0.1, 0.15) is 11.1 Å². The second-order valence-electron chi connectivity index (χ2n) is 5.88. The van der Waals surface area contributed by atoms with E-state index in [2.05, 4.69) is 10.3 Å². The Bertz CT molecular complexity index is 846. The number of nitrogens with two attached hydrogens (primary N) is 2. The van der Waals surface area contributed by atoms with Crippen molar-refractivity contribution in [1.82, 2.24) is 5.32 Å². The number of nitrogens with one attached hydrogen (secondary N) is 1. The Balaban J connectivity index is 1.95. The minimum atomic E-state index is -1.13. The molecule has 2 aromatic rings. The van der Waals surface area contributed by atoms with Crippen molar-refractivity contribution in [2.45, 2.75) is 12.1 Å². The van der Waals surface area contributed by atoms with Crippen LogP contribution in [0.15, 0.2) is 53.5 Å². The van der Waals surface area contributed by atoms with Crippen LogP contribution in [0.3, 0.4) is 0 Å². The van der Waals surface area contributed by atoms with Crippen molar-refractivity contribution in [3.63, 3.8) is 0 Å². The van der Waals surface area contributed by atoms with Gasteiger partial charge in [0.1, 0.15) is 23.0 Å². The molecule has 3 rings (SSSR count). The molecule has 0 spiro atoms. The van der Waals surface area contributed by atoms with Gasteiger partial charge in [-0.3, -0.25) is 0 Å². The van der Waals surface area contributed by atoms with Crippen LogP contribution in [0, 0.1) is 11.6 Å². The van der Waals surface area contributed by atoms with Crippen molar-refractivity contribution >= 4 is 11.7 Å². The first-order valence-electron chi connectivity index (χ1n) is 7.60. The Morgan fingerprint density at radius 2 is 1.88 bits per heavy atom. The fraction of sp³-hybridized carbons (Fsp3) is 0.167. The third kappa shape index (κ3) is 3.95. The number of hydrogen-bond donors (Lipinski definition) is 3. The van der Waals surface area contributed by atoms with Crippen molar-refractivity contribution in [3.05, 3.63) is 71.3 Å². The van der Waals surface area contributed by atoms with Gasteiger partial charge in [-0.2, -0.15) is 0 Å². The summed E-state index contributed by atoms with van der Waals surface area (Å²) in [5.74, 6) is -0.527. The third-order valence-electron chi connectivity index (χ3n) is 3.78. The van der Waals surface area contributed by atoms with Crippen LogP contribution in [-0.2, 0) is 6.42 Å². The number of benzene rings is 2. The fourth-order valence-corrected chi connectivity index (χ4v) is 2.78. The molecule has 1 unspecified atom stereocenters. The molecule has 0 aliphatic carbocycles. The number of aliphatic imine (C=N–C) groups is 1. The van der Waals surface area contributed by atoms with Crippen molar-refractivity contribution in [2.24, 2.45) is 16.5 Å². The molecule has 0 bridgehead atoms. The molecule has 5 N–H and O–H groups in total. The Kier molecular flexibility index (Phi) is 4.41. The monoisotopic (exact) mass is 344 g/mol. The highest BCUT2D eigenvalue weighted by molar-refractivity contribution is 5.88. The summed E-state index contributed by atoms with van der Waals surface area (Å²) in [4.78, 5) is 4.26. The van der Waals surface area contributed by atoms with Gasteiger partial charge in [-0.15, -0.1) is 0 Å². The molecule has 1 heterocycles. The topological polar surface area (TPSA) is 85.7 Å². The number of rotatable bonds is 4. The molecule has 1 aliphatic rings. The molecular formula is C18H18F2N4O. The van der Waals surface area contributed by atoms with Gasteiger partial charge in [0.15, 0.2) is 5.96 Å². The number of ether oxygens (including phenoxy) is 1. The molecule has 0 saturated heterocycles. The molecule has 0 amide bonds. The Hall–Kier alpha value is -2.93. The lowest BCUT2D eigenvalue weighted by molar-refractivity contribution is 0.414. The fourth-order valence-electron chi connectivity index (χ4n) is 2.78. The lowest BCUT2D eigenvalue weighted by Crippen LogP contribution is -2.59. The van der Waals surface area contributed by atoms with Gasteiger partial charge >= 0.3 is 0 Å². The van der Waals surface area contributed by atoms with Gasteiger partial charge in [-0.1, -0.05) is 12.1 Å². The Morgan fingerprint density at radius 3 is 2.56 bits per heavy atom. The zero-order valence-corrected chi connectivity index (χ0v) is 13.6. The highest BCUT2D eigenvalue weighted by Gasteiger charge is 2.28. The average Bonchev–Trinajstić information content (AvgIpc) is 2.52. The van der Waals surface area contributed by atoms with Crippen molar-refractivity contribution < 1.29 is 13.5 Å². The van der Waals surface area contributed by atoms with E-state index in [0.717, 1.165) is 11.6 Å². The van der Waals surface area contributed by atoms with E-state index in [9.17, 15) is 8.78 Å². The highest BCUT2D eigenvalue weighted by atomic mass is 19.1. The van der Waals surface area contributed by atoms with E-state index in [1.165, 1.54) is 12.1 Å². The van der Waals surface area contributed by atoms with Crippen molar-refractivity contribution in [3.8, 4) is 5.75 Å². The quantitative estimate of drug-likeness (QED) is 0.793. The van der Waals surface area contributed by atoms with Gasteiger partial charge in [0.2, 0.25) is 0 Å². The summed E-state index contributed by atoms with van der Waals surface area (Å²) in [5, 5.41) is 2.86. The summed E-state index contributed by atoms with van der Waals surface area (Å²) in [6.07, 6.45) is 1.81. The summed E-state index contributed by atoms with van der Waals surface area (Å²) >= 11 is 0. The molecule has 0 fully saturated rings. The first kappa shape index (κ1) is 16.9. The van der Waals surface area contributed by atoms with Crippen molar-refractivity contribution in [1.29, 1.82) is 0 Å². The molecule has 25 heavy (non-hydrogen) atoms. The largest absolute Gasteiger partial charge is 0.497 e. The number of methoxy groups -OCH3 is 1. The van der Waals surface area contributed by atoms with Crippen LogP contribution >= 0.6 is 0 Å². The van der Waals surface area contributed by atoms with Crippen LogP contribution < -0.4 is 21.5 Å². The molecule has 1 aliphatic heterocycles. The van der Waals surface area contributed by atoms with Gasteiger partial charge in [-0.25, -0.2) is 13.8 Å². The standard InChI is InChI=1S/C18H18F2N4O/c1-25-15-4-2-3-12(7-15)16-10-18(22,24-17(21)23-16)9-11-5-13(19)8-14(20)6-11/h2-8,10H,9,22H2,1H3,(H3,21,23,24). The van der Waals surface area contributed by atoms with Crippen molar-refractivity contribution in [2.75, 3.05) is 7.11 Å². The second kappa shape index (κ2) is 6.52. The van der Waals surface area contributed by atoms with Gasteiger partial charge in [-0.05, 0) is 35.9 Å². The Labute approximate surface area is 144 Å². The maximum atomic E-state index is 13.4. The molecule has 5 nitrogen and oxygen atoms in total. The maximum Gasteiger partial charge on any atom is 0.195 e. The molecule has 0 aromatic heterocycles. The summed E-state index contributed by atoms with van der Waals surface area (Å²) in [6.45, 7) is 0. The third-order valence-corrected chi connectivity index (χ3v) is 3.78. The number of hydrogen-bond acceptors (Lipinski definition) is 5. The van der Waals surface area contributed by atoms with E-state index >= 15 is 0 Å². The minimum Gasteiger partial charge on any atom is -0.497 e. The van der Waals surface area contributed by atoms with E-state index in [-0.39, 0.29) is 12.4 Å². The molecule has 7 heteroatoms. The maximum absolute atomic E-state index is 13.4. The Morgan fingerprint density at radius 1 is 1.16 bits per heavy atom.